The van der Waals surface area contributed by atoms with E-state index in [0.717, 1.165) is 15.5 Å². The summed E-state index contributed by atoms with van der Waals surface area (Å²) >= 11 is 6.75. The van der Waals surface area contributed by atoms with Crippen LogP contribution in [-0.2, 0) is 0 Å². The molecule has 4 heteroatoms. The molecule has 0 saturated carbocycles. The average molecular weight is 276 g/mol. The highest BCUT2D eigenvalue weighted by atomic mass is 79.9. The van der Waals surface area contributed by atoms with Gasteiger partial charge in [0.2, 0.25) is 0 Å². The molecule has 0 fully saturated rings. The summed E-state index contributed by atoms with van der Waals surface area (Å²) in [4.78, 5) is 4.19. The van der Waals surface area contributed by atoms with E-state index in [2.05, 4.69) is 37.1 Å². The van der Waals surface area contributed by atoms with Gasteiger partial charge in [-0.2, -0.15) is 0 Å². The normalized spacial score (nSPS) is 10.7. The molecule has 11 heavy (non-hydrogen) atoms. The molecule has 2 aromatic rings. The van der Waals surface area contributed by atoms with Gasteiger partial charge in [0.15, 0.2) is 0 Å². The van der Waals surface area contributed by atoms with E-state index in [1.807, 2.05) is 21.8 Å². The third-order valence-corrected chi connectivity index (χ3v) is 2.69. The smallest absolute Gasteiger partial charge is 0.106 e. The van der Waals surface area contributed by atoms with Crippen molar-refractivity contribution in [3.8, 4) is 0 Å². The highest BCUT2D eigenvalue weighted by molar-refractivity contribution is 9.10. The predicted molar refractivity (Wildman–Crippen MR) is 51.8 cm³/mol. The van der Waals surface area contributed by atoms with E-state index in [0.29, 0.717) is 0 Å². The van der Waals surface area contributed by atoms with E-state index in [1.54, 1.807) is 6.33 Å². The number of hydrogen-bond donors (Lipinski definition) is 0. The molecule has 0 radical (unpaired) electrons. The van der Waals surface area contributed by atoms with E-state index >= 15 is 0 Å². The van der Waals surface area contributed by atoms with Crippen LogP contribution >= 0.6 is 32.1 Å². The van der Waals surface area contributed by atoms with E-state index in [1.165, 1.54) is 0 Å². The monoisotopic (exact) mass is 274 g/mol. The Balaban J connectivity index is 2.94. The molecule has 0 N–H and O–H groups in total. The van der Waals surface area contributed by atoms with Crippen LogP contribution in [0.25, 0.3) is 11.0 Å². The second-order valence-corrected chi connectivity index (χ2v) is 3.78. The Morgan fingerprint density at radius 1 is 1.36 bits per heavy atom. The first-order valence-corrected chi connectivity index (χ1v) is 4.57. The number of rotatable bonds is 0. The summed E-state index contributed by atoms with van der Waals surface area (Å²) in [6, 6.07) is 5.95. The Bertz CT molecular complexity index is 394. The SMILES string of the molecule is Brc1cccc2c1ncn2Br. The van der Waals surface area contributed by atoms with Gasteiger partial charge in [0.05, 0.1) is 21.7 Å². The van der Waals surface area contributed by atoms with Crippen LogP contribution in [-0.4, -0.2) is 8.58 Å². The summed E-state index contributed by atoms with van der Waals surface area (Å²) in [5, 5.41) is 0. The highest BCUT2D eigenvalue weighted by Crippen LogP contribution is 2.22. The first kappa shape index (κ1) is 7.31. The molecule has 1 aromatic heterocycles. The van der Waals surface area contributed by atoms with Gasteiger partial charge in [-0.05, 0) is 28.1 Å². The van der Waals surface area contributed by atoms with Crippen molar-refractivity contribution in [3.63, 3.8) is 0 Å². The van der Waals surface area contributed by atoms with Crippen LogP contribution in [0.4, 0.5) is 0 Å². The Morgan fingerprint density at radius 2 is 2.18 bits per heavy atom. The van der Waals surface area contributed by atoms with Gasteiger partial charge < -0.3 is 0 Å². The molecule has 0 atom stereocenters. The Kier molecular flexibility index (Phi) is 1.73. The maximum absolute atomic E-state index is 4.19. The minimum atomic E-state index is 0.976. The standard InChI is InChI=1S/C7H4Br2N2/c8-5-2-1-3-6-7(5)10-4-11(6)9/h1-4H. The van der Waals surface area contributed by atoms with E-state index in [-0.39, 0.29) is 0 Å². The Labute approximate surface area is 80.7 Å². The molecule has 0 aliphatic rings. The van der Waals surface area contributed by atoms with Crippen LogP contribution in [0.5, 0.6) is 0 Å². The van der Waals surface area contributed by atoms with Gasteiger partial charge in [-0.25, -0.2) is 4.98 Å². The first-order valence-electron chi connectivity index (χ1n) is 3.07. The van der Waals surface area contributed by atoms with Crippen molar-refractivity contribution in [2.75, 3.05) is 0 Å². The second kappa shape index (κ2) is 2.60. The number of para-hydroxylation sites is 1. The summed E-state index contributed by atoms with van der Waals surface area (Å²) in [7, 11) is 0. The molecule has 0 unspecified atom stereocenters. The van der Waals surface area contributed by atoms with Gasteiger partial charge in [-0.15, -0.1) is 0 Å². The number of aromatic nitrogens is 2. The maximum atomic E-state index is 4.19. The van der Waals surface area contributed by atoms with Crippen LogP contribution in [0.15, 0.2) is 29.0 Å². The molecule has 2 rings (SSSR count). The molecular formula is C7H4Br2N2. The fraction of sp³-hybridized carbons (Fsp3) is 0. The van der Waals surface area contributed by atoms with Crippen LogP contribution in [0.1, 0.15) is 0 Å². The number of imidazole rings is 1. The third-order valence-electron chi connectivity index (χ3n) is 1.48. The van der Waals surface area contributed by atoms with Gasteiger partial charge in [0.25, 0.3) is 0 Å². The quantitative estimate of drug-likeness (QED) is 0.723. The van der Waals surface area contributed by atoms with Crippen molar-refractivity contribution in [2.45, 2.75) is 0 Å². The fourth-order valence-corrected chi connectivity index (χ4v) is 1.81. The van der Waals surface area contributed by atoms with Crippen molar-refractivity contribution >= 4 is 43.1 Å². The van der Waals surface area contributed by atoms with E-state index in [4.69, 9.17) is 0 Å². The Hall–Kier alpha value is -0.350. The van der Waals surface area contributed by atoms with Crippen molar-refractivity contribution in [1.82, 2.24) is 8.58 Å². The van der Waals surface area contributed by atoms with Crippen LogP contribution < -0.4 is 0 Å². The zero-order chi connectivity index (χ0) is 7.84. The number of hydrogen-bond acceptors (Lipinski definition) is 1. The summed E-state index contributed by atoms with van der Waals surface area (Å²) in [5.74, 6) is 0. The van der Waals surface area contributed by atoms with Gasteiger partial charge in [0.1, 0.15) is 11.8 Å². The molecule has 1 heterocycles. The van der Waals surface area contributed by atoms with Crippen molar-refractivity contribution in [2.24, 2.45) is 0 Å². The number of halogens is 2. The van der Waals surface area contributed by atoms with Crippen molar-refractivity contribution < 1.29 is 0 Å². The molecule has 0 aliphatic heterocycles. The Morgan fingerprint density at radius 3 is 2.91 bits per heavy atom. The lowest BCUT2D eigenvalue weighted by atomic mass is 10.3. The molecule has 0 amide bonds. The number of benzene rings is 1. The molecule has 0 aliphatic carbocycles. The molecule has 2 nitrogen and oxygen atoms in total. The van der Waals surface area contributed by atoms with E-state index < -0.39 is 0 Å². The van der Waals surface area contributed by atoms with Gasteiger partial charge >= 0.3 is 0 Å². The summed E-state index contributed by atoms with van der Waals surface area (Å²) < 4.78 is 2.83. The number of fused-ring (bicyclic) bond motifs is 1. The van der Waals surface area contributed by atoms with Crippen LogP contribution in [0, 0.1) is 0 Å². The highest BCUT2D eigenvalue weighted by Gasteiger charge is 2.01. The van der Waals surface area contributed by atoms with Gasteiger partial charge in [0, 0.05) is 4.47 Å². The predicted octanol–water partition coefficient (Wildman–Crippen LogP) is 2.96. The number of nitrogens with zero attached hydrogens (tertiary/aromatic N) is 2. The lowest BCUT2D eigenvalue weighted by molar-refractivity contribution is 1.29. The average Bonchev–Trinajstić information content (AvgIpc) is 2.35. The zero-order valence-electron chi connectivity index (χ0n) is 5.46. The molecule has 1 aromatic carbocycles. The summed E-state index contributed by atoms with van der Waals surface area (Å²) in [6.07, 6.45) is 1.73. The molecule has 0 bridgehead atoms. The summed E-state index contributed by atoms with van der Waals surface area (Å²) in [5.41, 5.74) is 2.05. The van der Waals surface area contributed by atoms with Gasteiger partial charge in [-0.3, -0.25) is 3.59 Å². The first-order chi connectivity index (χ1) is 5.29. The molecule has 56 valence electrons. The van der Waals surface area contributed by atoms with Gasteiger partial charge in [-0.1, -0.05) is 6.07 Å². The minimum absolute atomic E-state index is 0.976. The second-order valence-electron chi connectivity index (χ2n) is 2.16. The zero-order valence-corrected chi connectivity index (χ0v) is 8.63. The molecular weight excluding hydrogens is 272 g/mol. The van der Waals surface area contributed by atoms with Crippen molar-refractivity contribution in [1.29, 1.82) is 0 Å². The minimum Gasteiger partial charge on any atom is -0.265 e. The third kappa shape index (κ3) is 1.10. The van der Waals surface area contributed by atoms with Crippen LogP contribution in [0.3, 0.4) is 0 Å². The molecule has 0 saturated heterocycles. The maximum Gasteiger partial charge on any atom is 0.106 e. The fourth-order valence-electron chi connectivity index (χ4n) is 0.975. The topological polar surface area (TPSA) is 17.8 Å². The molecule has 0 spiro atoms. The van der Waals surface area contributed by atoms with Crippen molar-refractivity contribution in [3.05, 3.63) is 29.0 Å². The van der Waals surface area contributed by atoms with E-state index in [9.17, 15) is 0 Å². The summed E-state index contributed by atoms with van der Waals surface area (Å²) in [6.45, 7) is 0. The lowest BCUT2D eigenvalue weighted by Gasteiger charge is -1.91. The van der Waals surface area contributed by atoms with Crippen LogP contribution in [0.2, 0.25) is 0 Å². The largest absolute Gasteiger partial charge is 0.265 e. The lowest BCUT2D eigenvalue weighted by Crippen LogP contribution is -1.74.